The van der Waals surface area contributed by atoms with E-state index < -0.39 is 45.8 Å². The Morgan fingerprint density at radius 3 is 2.06 bits per heavy atom. The Morgan fingerprint density at radius 2 is 1.58 bits per heavy atom. The second-order valence-electron chi connectivity index (χ2n) is 7.15. The molecule has 194 valence electrons. The van der Waals surface area contributed by atoms with Gasteiger partial charge in [0.05, 0.1) is 28.6 Å². The van der Waals surface area contributed by atoms with Crippen molar-refractivity contribution in [2.45, 2.75) is 20.0 Å². The number of nitrogens with zero attached hydrogens (tertiary/aromatic N) is 2. The van der Waals surface area contributed by atoms with Crippen molar-refractivity contribution >= 4 is 35.1 Å². The Bertz CT molecular complexity index is 1140. The average Bonchev–Trinajstić information content (AvgIpc) is 2.77. The van der Waals surface area contributed by atoms with Crippen molar-refractivity contribution < 1.29 is 46.7 Å². The lowest BCUT2D eigenvalue weighted by atomic mass is 10.1. The number of alkyl halides is 3. The normalized spacial score (nSPS) is 10.9. The molecular weight excluding hydrogens is 513 g/mol. The van der Waals surface area contributed by atoms with E-state index in [-0.39, 0.29) is 42.8 Å². The Labute approximate surface area is 207 Å². The first-order valence-corrected chi connectivity index (χ1v) is 10.6. The van der Waals surface area contributed by atoms with E-state index in [0.717, 1.165) is 49.1 Å². The highest BCUT2D eigenvalue weighted by Gasteiger charge is 2.31. The van der Waals surface area contributed by atoms with Crippen LogP contribution < -0.4 is 4.74 Å². The van der Waals surface area contributed by atoms with Gasteiger partial charge in [0.25, 0.3) is 11.6 Å². The maximum absolute atomic E-state index is 13.2. The van der Waals surface area contributed by atoms with E-state index in [0.29, 0.717) is 6.07 Å². The number of amides is 1. The van der Waals surface area contributed by atoms with Crippen LogP contribution in [0, 0.1) is 10.1 Å². The summed E-state index contributed by atoms with van der Waals surface area (Å²) in [6, 6.07) is 5.52. The zero-order chi connectivity index (χ0) is 27.0. The fourth-order valence-corrected chi connectivity index (χ4v) is 3.10. The van der Waals surface area contributed by atoms with Crippen LogP contribution in [0.3, 0.4) is 0 Å². The van der Waals surface area contributed by atoms with Gasteiger partial charge in [0.2, 0.25) is 0 Å². The van der Waals surface area contributed by atoms with Crippen LogP contribution in [0.4, 0.5) is 18.9 Å². The van der Waals surface area contributed by atoms with Crippen LogP contribution in [-0.2, 0) is 25.2 Å². The number of ether oxygens (including phenoxy) is 3. The number of carbonyl (C=O) groups is 3. The number of nitro groups is 1. The van der Waals surface area contributed by atoms with Gasteiger partial charge >= 0.3 is 18.1 Å². The van der Waals surface area contributed by atoms with Crippen LogP contribution in [0.25, 0.3) is 0 Å². The van der Waals surface area contributed by atoms with Crippen molar-refractivity contribution in [2.24, 2.45) is 0 Å². The topological polar surface area (TPSA) is 125 Å². The minimum absolute atomic E-state index is 0.120. The Morgan fingerprint density at radius 1 is 1.00 bits per heavy atom. The smallest absolute Gasteiger partial charge is 0.416 e. The standard InChI is InChI=1S/C22H20ClF3N2O8/c1-13(29)34-9-7-27(8-10-35-14(2)30)21(31)17-12-16(4-5-19(17)28(32)33)36-20-6-3-15(11-18(20)23)22(24,25)26/h3-6,11-12H,7-10H2,1-2H3. The summed E-state index contributed by atoms with van der Waals surface area (Å²) in [5.41, 5.74) is -2.02. The number of benzene rings is 2. The molecule has 0 aliphatic heterocycles. The predicted molar refractivity (Wildman–Crippen MR) is 119 cm³/mol. The van der Waals surface area contributed by atoms with Crippen LogP contribution in [0.1, 0.15) is 29.8 Å². The number of nitro benzene ring substituents is 1. The summed E-state index contributed by atoms with van der Waals surface area (Å²) in [7, 11) is 0. The second-order valence-corrected chi connectivity index (χ2v) is 7.56. The summed E-state index contributed by atoms with van der Waals surface area (Å²) >= 11 is 5.89. The lowest BCUT2D eigenvalue weighted by Gasteiger charge is -2.22. The SMILES string of the molecule is CC(=O)OCCN(CCOC(C)=O)C(=O)c1cc(Oc2ccc(C(F)(F)F)cc2Cl)ccc1[N+](=O)[O-]. The zero-order valence-electron chi connectivity index (χ0n) is 19.0. The van der Waals surface area contributed by atoms with E-state index in [1.807, 2.05) is 0 Å². The fourth-order valence-electron chi connectivity index (χ4n) is 2.88. The quantitative estimate of drug-likeness (QED) is 0.246. The van der Waals surface area contributed by atoms with Crippen molar-refractivity contribution in [3.8, 4) is 11.5 Å². The minimum atomic E-state index is -4.63. The molecule has 0 bridgehead atoms. The van der Waals surface area contributed by atoms with Gasteiger partial charge in [0.1, 0.15) is 30.3 Å². The molecule has 0 spiro atoms. The summed E-state index contributed by atoms with van der Waals surface area (Å²) in [5, 5.41) is 11.2. The zero-order valence-corrected chi connectivity index (χ0v) is 19.7. The summed E-state index contributed by atoms with van der Waals surface area (Å²) in [6.45, 7) is 1.50. The van der Waals surface area contributed by atoms with Gasteiger partial charge in [-0.3, -0.25) is 24.5 Å². The number of halogens is 4. The Balaban J connectivity index is 2.37. The summed E-state index contributed by atoms with van der Waals surface area (Å²) in [4.78, 5) is 47.1. The van der Waals surface area contributed by atoms with Gasteiger partial charge in [-0.15, -0.1) is 0 Å². The van der Waals surface area contributed by atoms with Gasteiger partial charge in [-0.05, 0) is 24.3 Å². The monoisotopic (exact) mass is 532 g/mol. The lowest BCUT2D eigenvalue weighted by Crippen LogP contribution is -2.37. The molecule has 0 heterocycles. The molecule has 0 aliphatic rings. The third kappa shape index (κ3) is 8.12. The van der Waals surface area contributed by atoms with E-state index >= 15 is 0 Å². The molecule has 0 radical (unpaired) electrons. The molecule has 0 aliphatic carbocycles. The van der Waals surface area contributed by atoms with Crippen molar-refractivity contribution in [1.82, 2.24) is 4.90 Å². The largest absolute Gasteiger partial charge is 0.464 e. The molecule has 2 aromatic rings. The van der Waals surface area contributed by atoms with Gasteiger partial charge < -0.3 is 19.1 Å². The number of hydrogen-bond acceptors (Lipinski definition) is 8. The van der Waals surface area contributed by atoms with Gasteiger partial charge in [-0.1, -0.05) is 11.6 Å². The molecule has 0 atom stereocenters. The molecule has 36 heavy (non-hydrogen) atoms. The van der Waals surface area contributed by atoms with E-state index in [4.69, 9.17) is 25.8 Å². The van der Waals surface area contributed by atoms with Gasteiger partial charge in [-0.2, -0.15) is 13.2 Å². The van der Waals surface area contributed by atoms with Crippen LogP contribution in [0.15, 0.2) is 36.4 Å². The third-order valence-corrected chi connectivity index (χ3v) is 4.80. The number of rotatable bonds is 10. The molecule has 0 N–H and O–H groups in total. The van der Waals surface area contributed by atoms with Crippen LogP contribution in [0.5, 0.6) is 11.5 Å². The maximum atomic E-state index is 13.2. The van der Waals surface area contributed by atoms with Crippen LogP contribution in [-0.4, -0.2) is 54.0 Å². The van der Waals surface area contributed by atoms with E-state index in [1.165, 1.54) is 0 Å². The molecule has 0 aromatic heterocycles. The molecular formula is C22H20ClF3N2O8. The highest BCUT2D eigenvalue weighted by atomic mass is 35.5. The number of hydrogen-bond donors (Lipinski definition) is 0. The van der Waals surface area contributed by atoms with Crippen LogP contribution >= 0.6 is 11.6 Å². The van der Waals surface area contributed by atoms with Crippen molar-refractivity contribution in [1.29, 1.82) is 0 Å². The predicted octanol–water partition coefficient (Wildman–Crippen LogP) is 4.63. The van der Waals surface area contributed by atoms with Crippen molar-refractivity contribution in [3.63, 3.8) is 0 Å². The lowest BCUT2D eigenvalue weighted by molar-refractivity contribution is -0.385. The molecule has 1 amide bonds. The van der Waals surface area contributed by atoms with Gasteiger partial charge in [0, 0.05) is 26.0 Å². The molecule has 0 unspecified atom stereocenters. The van der Waals surface area contributed by atoms with Gasteiger partial charge in [-0.25, -0.2) is 0 Å². The van der Waals surface area contributed by atoms with E-state index in [2.05, 4.69) is 0 Å². The Kier molecular flexibility index (Phi) is 9.61. The molecule has 0 saturated heterocycles. The minimum Gasteiger partial charge on any atom is -0.464 e. The first-order valence-electron chi connectivity index (χ1n) is 10.2. The second kappa shape index (κ2) is 12.2. The fraction of sp³-hybridized carbons (Fsp3) is 0.318. The first-order chi connectivity index (χ1) is 16.8. The van der Waals surface area contributed by atoms with Crippen molar-refractivity contribution in [3.05, 3.63) is 62.7 Å². The van der Waals surface area contributed by atoms with Gasteiger partial charge in [0.15, 0.2) is 0 Å². The molecule has 14 heteroatoms. The molecule has 2 aromatic carbocycles. The summed E-state index contributed by atoms with van der Waals surface area (Å²) in [6.07, 6.45) is -4.63. The van der Waals surface area contributed by atoms with E-state index in [1.54, 1.807) is 0 Å². The average molecular weight is 533 g/mol. The molecule has 0 fully saturated rings. The van der Waals surface area contributed by atoms with Crippen LogP contribution in [0.2, 0.25) is 5.02 Å². The number of esters is 2. The molecule has 10 nitrogen and oxygen atoms in total. The maximum Gasteiger partial charge on any atom is 0.416 e. The Hall–Kier alpha value is -3.87. The summed E-state index contributed by atoms with van der Waals surface area (Å²) in [5.74, 6) is -2.40. The highest BCUT2D eigenvalue weighted by molar-refractivity contribution is 6.32. The first kappa shape index (κ1) is 28.4. The highest BCUT2D eigenvalue weighted by Crippen LogP contribution is 2.37. The van der Waals surface area contributed by atoms with E-state index in [9.17, 15) is 37.7 Å². The molecule has 0 saturated carbocycles. The third-order valence-electron chi connectivity index (χ3n) is 4.50. The molecule has 2 rings (SSSR count). The summed E-state index contributed by atoms with van der Waals surface area (Å²) < 4.78 is 53.7. The van der Waals surface area contributed by atoms with Crippen molar-refractivity contribution in [2.75, 3.05) is 26.3 Å². The number of carbonyl (C=O) groups excluding carboxylic acids is 3.